The van der Waals surface area contributed by atoms with Gasteiger partial charge in [-0.1, -0.05) is 18.2 Å². The Bertz CT molecular complexity index is 915. The van der Waals surface area contributed by atoms with E-state index in [1.807, 2.05) is 19.1 Å². The molecule has 1 aliphatic rings. The minimum atomic E-state index is -0.359. The number of hydrazone groups is 1. The smallest absolute Gasteiger partial charge is 0.259 e. The van der Waals surface area contributed by atoms with Crippen molar-refractivity contribution in [2.45, 2.75) is 25.8 Å². The average molecular weight is 363 g/mol. The molecule has 1 amide bonds. The van der Waals surface area contributed by atoms with Crippen LogP contribution in [0.5, 0.6) is 0 Å². The monoisotopic (exact) mass is 363 g/mol. The Kier molecular flexibility index (Phi) is 5.55. The van der Waals surface area contributed by atoms with Gasteiger partial charge in [0.25, 0.3) is 5.91 Å². The summed E-state index contributed by atoms with van der Waals surface area (Å²) in [6.07, 6.45) is 4.93. The van der Waals surface area contributed by atoms with E-state index in [1.165, 1.54) is 6.20 Å². The second-order valence-corrected chi connectivity index (χ2v) is 6.18. The third-order valence-electron chi connectivity index (χ3n) is 4.08. The number of nitrogens with two attached hydrogens (primary N) is 2. The summed E-state index contributed by atoms with van der Waals surface area (Å²) in [4.78, 5) is 16.8. The van der Waals surface area contributed by atoms with Gasteiger partial charge in [-0.2, -0.15) is 10.2 Å². The lowest BCUT2D eigenvalue weighted by molar-refractivity contribution is -0.111. The highest BCUT2D eigenvalue weighted by Crippen LogP contribution is 2.25. The van der Waals surface area contributed by atoms with Crippen LogP contribution in [0.3, 0.4) is 0 Å². The van der Waals surface area contributed by atoms with Crippen molar-refractivity contribution in [2.75, 3.05) is 5.32 Å². The van der Waals surface area contributed by atoms with E-state index in [0.29, 0.717) is 22.8 Å². The summed E-state index contributed by atoms with van der Waals surface area (Å²) in [5.41, 5.74) is 8.57. The zero-order chi connectivity index (χ0) is 19.2. The number of carbonyl (C=O) groups is 1. The maximum atomic E-state index is 12.7. The molecule has 8 nitrogen and oxygen atoms in total. The molecule has 0 saturated heterocycles. The molecule has 5 N–H and O–H groups in total. The number of rotatable bonds is 5. The van der Waals surface area contributed by atoms with E-state index in [1.54, 1.807) is 30.5 Å². The number of aromatic nitrogens is 1. The number of pyridine rings is 1. The Morgan fingerprint density at radius 3 is 2.74 bits per heavy atom. The number of hydrogen-bond donors (Lipinski definition) is 3. The molecule has 0 unspecified atom stereocenters. The number of anilines is 1. The molecule has 3 rings (SSSR count). The Morgan fingerprint density at radius 2 is 2.11 bits per heavy atom. The molecule has 138 valence electrons. The quantitative estimate of drug-likeness (QED) is 0.188. The number of nitrogens with one attached hydrogen (secondary N) is 1. The first-order chi connectivity index (χ1) is 13.1. The third kappa shape index (κ3) is 4.55. The standard InChI is InChI=1S/C19H21N7O/c1-12-5-6-13(18(24-21)26-25-14-7-8-14)10-17(12)23-19(27)15(11-20)16-4-2-3-9-22-16/h2-6,9-11,14H,7-8,20-21H2,1H3,(H,23,27)/b15-11+,24-18-,26-25?. The lowest BCUT2D eigenvalue weighted by Crippen LogP contribution is -2.16. The summed E-state index contributed by atoms with van der Waals surface area (Å²) < 4.78 is 0. The fourth-order valence-corrected chi connectivity index (χ4v) is 2.37. The van der Waals surface area contributed by atoms with E-state index >= 15 is 0 Å². The van der Waals surface area contributed by atoms with Gasteiger partial charge in [-0.05, 0) is 43.5 Å². The van der Waals surface area contributed by atoms with E-state index < -0.39 is 0 Å². The van der Waals surface area contributed by atoms with Crippen LogP contribution in [0, 0.1) is 6.92 Å². The van der Waals surface area contributed by atoms with Crippen molar-refractivity contribution in [2.24, 2.45) is 26.9 Å². The first-order valence-electron chi connectivity index (χ1n) is 8.56. The predicted octanol–water partition coefficient (Wildman–Crippen LogP) is 2.56. The highest BCUT2D eigenvalue weighted by Gasteiger charge is 2.21. The summed E-state index contributed by atoms with van der Waals surface area (Å²) in [7, 11) is 0. The summed E-state index contributed by atoms with van der Waals surface area (Å²) in [6.45, 7) is 1.89. The number of azo groups is 1. The lowest BCUT2D eigenvalue weighted by atomic mass is 10.1. The Labute approximate surface area is 157 Å². The molecular weight excluding hydrogens is 342 g/mol. The molecule has 0 spiro atoms. The van der Waals surface area contributed by atoms with Gasteiger partial charge < -0.3 is 16.9 Å². The van der Waals surface area contributed by atoms with Crippen molar-refractivity contribution >= 4 is 23.0 Å². The van der Waals surface area contributed by atoms with E-state index in [4.69, 9.17) is 11.6 Å². The lowest BCUT2D eigenvalue weighted by Gasteiger charge is -2.12. The SMILES string of the molecule is Cc1ccc(/C(N=NC2CC2)=N/N)cc1NC(=O)/C(=C/N)c1ccccn1. The summed E-state index contributed by atoms with van der Waals surface area (Å²) in [6, 6.07) is 11.0. The van der Waals surface area contributed by atoms with Gasteiger partial charge in [0.15, 0.2) is 5.84 Å². The van der Waals surface area contributed by atoms with Crippen molar-refractivity contribution in [3.63, 3.8) is 0 Å². The van der Waals surface area contributed by atoms with Crippen molar-refractivity contribution in [3.05, 3.63) is 65.6 Å². The zero-order valence-corrected chi connectivity index (χ0v) is 15.0. The number of carbonyl (C=O) groups excluding carboxylic acids is 1. The summed E-state index contributed by atoms with van der Waals surface area (Å²) in [5, 5.41) is 14.9. The van der Waals surface area contributed by atoms with Gasteiger partial charge in [0.05, 0.1) is 17.3 Å². The molecule has 1 aromatic carbocycles. The fourth-order valence-electron chi connectivity index (χ4n) is 2.37. The molecule has 1 heterocycles. The van der Waals surface area contributed by atoms with Crippen LogP contribution in [-0.4, -0.2) is 22.8 Å². The van der Waals surface area contributed by atoms with Crippen LogP contribution < -0.4 is 16.9 Å². The molecule has 0 atom stereocenters. The molecule has 0 radical (unpaired) electrons. The van der Waals surface area contributed by atoms with Gasteiger partial charge >= 0.3 is 0 Å². The van der Waals surface area contributed by atoms with Gasteiger partial charge in [0.2, 0.25) is 0 Å². The minimum Gasteiger partial charge on any atom is -0.404 e. The highest BCUT2D eigenvalue weighted by atomic mass is 16.1. The Morgan fingerprint density at radius 1 is 1.30 bits per heavy atom. The molecule has 1 aliphatic carbocycles. The number of amides is 1. The Hall–Kier alpha value is -3.55. The van der Waals surface area contributed by atoms with Gasteiger partial charge in [0, 0.05) is 23.6 Å². The van der Waals surface area contributed by atoms with Gasteiger partial charge in [-0.15, -0.1) is 5.11 Å². The van der Waals surface area contributed by atoms with Crippen molar-refractivity contribution in [1.29, 1.82) is 0 Å². The van der Waals surface area contributed by atoms with Gasteiger partial charge in [0.1, 0.15) is 0 Å². The first kappa shape index (κ1) is 18.2. The van der Waals surface area contributed by atoms with Crippen LogP contribution in [0.25, 0.3) is 5.57 Å². The van der Waals surface area contributed by atoms with Crippen LogP contribution in [0.15, 0.2) is 64.1 Å². The largest absolute Gasteiger partial charge is 0.404 e. The molecule has 1 aromatic heterocycles. The molecule has 0 aliphatic heterocycles. The normalized spacial score (nSPS) is 15.1. The van der Waals surface area contributed by atoms with Crippen molar-refractivity contribution in [1.82, 2.24) is 4.98 Å². The molecule has 1 fully saturated rings. The average Bonchev–Trinajstić information content (AvgIpc) is 3.50. The molecular formula is C19H21N7O. The van der Waals surface area contributed by atoms with Crippen molar-refractivity contribution < 1.29 is 4.79 Å². The summed E-state index contributed by atoms with van der Waals surface area (Å²) >= 11 is 0. The molecule has 1 saturated carbocycles. The van der Waals surface area contributed by atoms with Crippen LogP contribution in [-0.2, 0) is 4.79 Å². The predicted molar refractivity (Wildman–Crippen MR) is 105 cm³/mol. The first-order valence-corrected chi connectivity index (χ1v) is 8.56. The fraction of sp³-hybridized carbons (Fsp3) is 0.211. The number of benzene rings is 1. The van der Waals surface area contributed by atoms with E-state index in [9.17, 15) is 4.79 Å². The van der Waals surface area contributed by atoms with E-state index in [0.717, 1.165) is 18.4 Å². The molecule has 2 aromatic rings. The van der Waals surface area contributed by atoms with Crippen LogP contribution in [0.1, 0.15) is 29.7 Å². The summed E-state index contributed by atoms with van der Waals surface area (Å²) in [5.74, 6) is 5.42. The van der Waals surface area contributed by atoms with Crippen LogP contribution in [0.4, 0.5) is 5.69 Å². The van der Waals surface area contributed by atoms with Gasteiger partial charge in [-0.3, -0.25) is 9.78 Å². The zero-order valence-electron chi connectivity index (χ0n) is 15.0. The highest BCUT2D eigenvalue weighted by molar-refractivity contribution is 6.25. The second-order valence-electron chi connectivity index (χ2n) is 6.18. The number of hydrogen-bond acceptors (Lipinski definition) is 6. The number of amidine groups is 1. The molecule has 8 heteroatoms. The van der Waals surface area contributed by atoms with Gasteiger partial charge in [-0.25, -0.2) is 0 Å². The minimum absolute atomic E-state index is 0.266. The van der Waals surface area contributed by atoms with Crippen molar-refractivity contribution in [3.8, 4) is 0 Å². The van der Waals surface area contributed by atoms with Crippen LogP contribution in [0.2, 0.25) is 0 Å². The number of aryl methyl sites for hydroxylation is 1. The Balaban J connectivity index is 1.82. The number of nitrogens with zero attached hydrogens (tertiary/aromatic N) is 4. The maximum absolute atomic E-state index is 12.7. The third-order valence-corrected chi connectivity index (χ3v) is 4.08. The van der Waals surface area contributed by atoms with Crippen LogP contribution >= 0.6 is 0 Å². The molecule has 27 heavy (non-hydrogen) atoms. The topological polar surface area (TPSA) is 131 Å². The van der Waals surface area contributed by atoms with E-state index in [-0.39, 0.29) is 17.5 Å². The van der Waals surface area contributed by atoms with E-state index in [2.05, 4.69) is 25.6 Å². The second kappa shape index (κ2) is 8.22. The molecule has 0 bridgehead atoms. The maximum Gasteiger partial charge on any atom is 0.259 e.